The van der Waals surface area contributed by atoms with E-state index in [1.165, 1.54) is 23.9 Å². The number of hydrogen-bond acceptors (Lipinski definition) is 8. The Bertz CT molecular complexity index is 926. The van der Waals surface area contributed by atoms with E-state index in [2.05, 4.69) is 16.0 Å². The van der Waals surface area contributed by atoms with E-state index in [-0.39, 0.29) is 18.6 Å². The number of phenols is 1. The monoisotopic (exact) mass is 525 g/mol. The number of aliphatic carboxylic acids is 1. The van der Waals surface area contributed by atoms with E-state index >= 15 is 0 Å². The van der Waals surface area contributed by atoms with Crippen LogP contribution in [-0.2, 0) is 30.4 Å². The molecule has 13 heteroatoms. The summed E-state index contributed by atoms with van der Waals surface area (Å²) in [5, 5.41) is 26.5. The van der Waals surface area contributed by atoms with Gasteiger partial charge in [0.1, 0.15) is 23.9 Å². The summed E-state index contributed by atoms with van der Waals surface area (Å²) in [6.07, 6.45) is 1.59. The number of hydrogen-bond donors (Lipinski definition) is 7. The lowest BCUT2D eigenvalue weighted by atomic mass is 10.0. The van der Waals surface area contributed by atoms with Crippen LogP contribution in [0.4, 0.5) is 0 Å². The van der Waals surface area contributed by atoms with Crippen molar-refractivity contribution in [2.75, 3.05) is 12.0 Å². The molecule has 0 aliphatic rings. The molecule has 0 fully saturated rings. The Balaban J connectivity index is 3.13. The topological polar surface area (TPSA) is 214 Å². The molecule has 4 atom stereocenters. The molecule has 0 aliphatic heterocycles. The lowest BCUT2D eigenvalue weighted by Crippen LogP contribution is -2.58. The third-order valence-corrected chi connectivity index (χ3v) is 5.89. The third-order valence-electron chi connectivity index (χ3n) is 5.24. The Morgan fingerprint density at radius 3 is 2.00 bits per heavy atom. The second-order valence-electron chi connectivity index (χ2n) is 8.62. The fraction of sp³-hybridized carbons (Fsp3) is 0.522. The van der Waals surface area contributed by atoms with Gasteiger partial charge in [-0.25, -0.2) is 4.79 Å². The fourth-order valence-electron chi connectivity index (χ4n) is 3.21. The van der Waals surface area contributed by atoms with E-state index in [9.17, 15) is 34.2 Å². The molecule has 0 aliphatic carbocycles. The van der Waals surface area contributed by atoms with Crippen molar-refractivity contribution in [2.24, 2.45) is 17.4 Å². The van der Waals surface area contributed by atoms with Crippen LogP contribution in [0.3, 0.4) is 0 Å². The first-order chi connectivity index (χ1) is 16.8. The molecular formula is C23H35N5O7S. The summed E-state index contributed by atoms with van der Waals surface area (Å²) >= 11 is 1.44. The number of carboxylic acids is 1. The summed E-state index contributed by atoms with van der Waals surface area (Å²) in [6.45, 7) is 3.29. The van der Waals surface area contributed by atoms with Gasteiger partial charge in [-0.2, -0.15) is 11.8 Å². The predicted octanol–water partition coefficient (Wildman–Crippen LogP) is -0.914. The summed E-state index contributed by atoms with van der Waals surface area (Å²) in [5.74, 6) is -4.03. The van der Waals surface area contributed by atoms with Crippen LogP contribution in [0.5, 0.6) is 5.75 Å². The largest absolute Gasteiger partial charge is 0.508 e. The van der Waals surface area contributed by atoms with Crippen molar-refractivity contribution < 1.29 is 34.2 Å². The van der Waals surface area contributed by atoms with Gasteiger partial charge in [-0.3, -0.25) is 19.2 Å². The van der Waals surface area contributed by atoms with Crippen LogP contribution in [0.15, 0.2) is 24.3 Å². The lowest BCUT2D eigenvalue weighted by Gasteiger charge is -2.26. The zero-order chi connectivity index (χ0) is 27.4. The predicted molar refractivity (Wildman–Crippen MR) is 135 cm³/mol. The summed E-state index contributed by atoms with van der Waals surface area (Å²) in [6, 6.07) is 1.26. The van der Waals surface area contributed by atoms with Crippen LogP contribution in [-0.4, -0.2) is 76.0 Å². The Labute approximate surface area is 213 Å². The second-order valence-corrected chi connectivity index (χ2v) is 9.61. The molecule has 1 aromatic rings. The highest BCUT2D eigenvalue weighted by atomic mass is 32.2. The summed E-state index contributed by atoms with van der Waals surface area (Å²) in [7, 11) is 0. The smallest absolute Gasteiger partial charge is 0.326 e. The number of carbonyl (C=O) groups is 5. The number of primary amides is 1. The molecule has 4 amide bonds. The molecule has 0 heterocycles. The minimum absolute atomic E-state index is 0.0121. The van der Waals surface area contributed by atoms with Crippen molar-refractivity contribution in [1.29, 1.82) is 0 Å². The number of carboxylic acid groups (broad SMARTS) is 1. The number of benzene rings is 1. The Kier molecular flexibility index (Phi) is 12.7. The quantitative estimate of drug-likeness (QED) is 0.151. The number of carbonyl (C=O) groups excluding carboxylic acids is 4. The van der Waals surface area contributed by atoms with Crippen LogP contribution in [0, 0.1) is 5.92 Å². The maximum absolute atomic E-state index is 13.2. The highest BCUT2D eigenvalue weighted by Gasteiger charge is 2.31. The van der Waals surface area contributed by atoms with E-state index < -0.39 is 66.1 Å². The molecule has 0 saturated carbocycles. The Morgan fingerprint density at radius 1 is 0.944 bits per heavy atom. The summed E-state index contributed by atoms with van der Waals surface area (Å²) in [5.41, 5.74) is 11.4. The molecule has 0 spiro atoms. The minimum Gasteiger partial charge on any atom is -0.508 e. The number of aromatic hydroxyl groups is 1. The molecule has 36 heavy (non-hydrogen) atoms. The maximum atomic E-state index is 13.2. The van der Waals surface area contributed by atoms with Gasteiger partial charge in [0.2, 0.25) is 23.6 Å². The number of amides is 4. The normalized spacial score (nSPS) is 14.2. The van der Waals surface area contributed by atoms with Gasteiger partial charge in [0.25, 0.3) is 0 Å². The van der Waals surface area contributed by atoms with Gasteiger partial charge in [0, 0.05) is 6.42 Å². The van der Waals surface area contributed by atoms with Crippen molar-refractivity contribution in [3.8, 4) is 5.75 Å². The first kappa shape index (κ1) is 30.7. The molecule has 1 rings (SSSR count). The first-order valence-electron chi connectivity index (χ1n) is 11.3. The molecule has 1 aromatic carbocycles. The number of phenolic OH excluding ortho intramolecular Hbond substituents is 1. The maximum Gasteiger partial charge on any atom is 0.326 e. The number of nitrogens with two attached hydrogens (primary N) is 2. The van der Waals surface area contributed by atoms with Gasteiger partial charge in [0.15, 0.2) is 0 Å². The highest BCUT2D eigenvalue weighted by molar-refractivity contribution is 7.98. The fourth-order valence-corrected chi connectivity index (χ4v) is 3.68. The minimum atomic E-state index is -1.28. The van der Waals surface area contributed by atoms with Gasteiger partial charge in [-0.1, -0.05) is 26.0 Å². The van der Waals surface area contributed by atoms with Crippen molar-refractivity contribution >= 4 is 41.4 Å². The number of nitrogens with one attached hydrogen (secondary N) is 3. The molecule has 12 nitrogen and oxygen atoms in total. The van der Waals surface area contributed by atoms with Crippen LogP contribution in [0.2, 0.25) is 0 Å². The van der Waals surface area contributed by atoms with Crippen LogP contribution in [0.1, 0.15) is 32.3 Å². The summed E-state index contributed by atoms with van der Waals surface area (Å²) in [4.78, 5) is 61.3. The lowest BCUT2D eigenvalue weighted by molar-refractivity contribution is -0.143. The van der Waals surface area contributed by atoms with Crippen molar-refractivity contribution in [3.05, 3.63) is 29.8 Å². The molecule has 0 bridgehead atoms. The molecule has 200 valence electrons. The number of thioether (sulfide) groups is 1. The molecule has 0 aromatic heterocycles. The highest BCUT2D eigenvalue weighted by Crippen LogP contribution is 2.12. The molecule has 0 radical (unpaired) electrons. The van der Waals surface area contributed by atoms with Crippen molar-refractivity contribution in [1.82, 2.24) is 16.0 Å². The zero-order valence-corrected chi connectivity index (χ0v) is 21.3. The third kappa shape index (κ3) is 10.5. The SMILES string of the molecule is CSCCC(NC(=O)C(Cc1ccc(O)cc1)NC(=O)C(N)CC(N)=O)C(=O)NC(C(=O)O)C(C)C. The second kappa shape index (κ2) is 14.9. The average Bonchev–Trinajstić information content (AvgIpc) is 2.79. The van der Waals surface area contributed by atoms with Gasteiger partial charge >= 0.3 is 5.97 Å². The van der Waals surface area contributed by atoms with E-state index in [0.717, 1.165) is 0 Å². The van der Waals surface area contributed by atoms with E-state index in [0.29, 0.717) is 11.3 Å². The standard InChI is InChI=1S/C23H35N5O7S/c1-12(2)19(23(34)35)28-21(32)16(8-9-36-3)26-22(33)17(10-13-4-6-14(29)7-5-13)27-20(31)15(24)11-18(25)30/h4-7,12,15-17,19,29H,8-11,24H2,1-3H3,(H2,25,30)(H,26,33)(H,27,31)(H,28,32)(H,34,35). The molecule has 0 saturated heterocycles. The summed E-state index contributed by atoms with van der Waals surface area (Å²) < 4.78 is 0. The van der Waals surface area contributed by atoms with Crippen molar-refractivity contribution in [3.63, 3.8) is 0 Å². The van der Waals surface area contributed by atoms with E-state index in [1.54, 1.807) is 26.0 Å². The number of rotatable bonds is 15. The van der Waals surface area contributed by atoms with Gasteiger partial charge in [-0.15, -0.1) is 0 Å². The van der Waals surface area contributed by atoms with Gasteiger partial charge < -0.3 is 37.6 Å². The average molecular weight is 526 g/mol. The Morgan fingerprint density at radius 2 is 1.50 bits per heavy atom. The van der Waals surface area contributed by atoms with Crippen molar-refractivity contribution in [2.45, 2.75) is 57.3 Å². The van der Waals surface area contributed by atoms with Gasteiger partial charge in [-0.05, 0) is 42.0 Å². The molecule has 9 N–H and O–H groups in total. The Hall–Kier alpha value is -3.32. The van der Waals surface area contributed by atoms with E-state index in [1.807, 2.05) is 6.26 Å². The van der Waals surface area contributed by atoms with Crippen LogP contribution < -0.4 is 27.4 Å². The van der Waals surface area contributed by atoms with E-state index in [4.69, 9.17) is 11.5 Å². The molecular weight excluding hydrogens is 490 g/mol. The first-order valence-corrected chi connectivity index (χ1v) is 12.7. The van der Waals surface area contributed by atoms with Crippen LogP contribution in [0.25, 0.3) is 0 Å². The molecule has 4 unspecified atom stereocenters. The zero-order valence-electron chi connectivity index (χ0n) is 20.5. The van der Waals surface area contributed by atoms with Crippen LogP contribution >= 0.6 is 11.8 Å². The van der Waals surface area contributed by atoms with Gasteiger partial charge in [0.05, 0.1) is 12.5 Å².